The Morgan fingerprint density at radius 1 is 1.11 bits per heavy atom. The Labute approximate surface area is 110 Å². The van der Waals surface area contributed by atoms with Gasteiger partial charge in [0.2, 0.25) is 5.75 Å². The van der Waals surface area contributed by atoms with Crippen LogP contribution in [-0.2, 0) is 7.05 Å². The fraction of sp³-hybridized carbons (Fsp3) is 0.308. The largest absolute Gasteiger partial charge is 0.543 e. The van der Waals surface area contributed by atoms with Gasteiger partial charge in [-0.2, -0.15) is 0 Å². The molecule has 6 nitrogen and oxygen atoms in total. The van der Waals surface area contributed by atoms with Crippen LogP contribution in [0.1, 0.15) is 10.5 Å². The van der Waals surface area contributed by atoms with Crippen molar-refractivity contribution in [3.63, 3.8) is 0 Å². The zero-order chi connectivity index (χ0) is 14.2. The van der Waals surface area contributed by atoms with Gasteiger partial charge in [0.05, 0.1) is 38.5 Å². The molecule has 0 spiro atoms. The second-order valence-corrected chi connectivity index (χ2v) is 3.96. The molecule has 0 bridgehead atoms. The molecule has 0 aliphatic rings. The van der Waals surface area contributed by atoms with E-state index in [4.69, 9.17) is 14.2 Å². The van der Waals surface area contributed by atoms with Gasteiger partial charge < -0.3 is 28.7 Å². The number of ether oxygens (including phenoxy) is 3. The molecule has 0 saturated carbocycles. The highest BCUT2D eigenvalue weighted by atomic mass is 16.5. The second-order valence-electron chi connectivity index (χ2n) is 3.96. The molecular weight excluding hydrogens is 250 g/mol. The highest BCUT2D eigenvalue weighted by molar-refractivity contribution is 5.98. The second kappa shape index (κ2) is 4.72. The van der Waals surface area contributed by atoms with Crippen molar-refractivity contribution in [1.82, 2.24) is 4.57 Å². The maximum atomic E-state index is 11.1. The van der Waals surface area contributed by atoms with Crippen LogP contribution in [0.3, 0.4) is 0 Å². The van der Waals surface area contributed by atoms with Crippen molar-refractivity contribution >= 4 is 16.9 Å². The molecule has 0 radical (unpaired) electrons. The minimum absolute atomic E-state index is 0.0589. The number of nitrogens with zero attached hydrogens (tertiary/aromatic N) is 1. The zero-order valence-corrected chi connectivity index (χ0v) is 11.1. The fourth-order valence-corrected chi connectivity index (χ4v) is 2.18. The molecule has 102 valence electrons. The van der Waals surface area contributed by atoms with E-state index in [1.165, 1.54) is 32.0 Å². The third-order valence-corrected chi connectivity index (χ3v) is 3.03. The lowest BCUT2D eigenvalue weighted by atomic mass is 10.2. The van der Waals surface area contributed by atoms with Crippen molar-refractivity contribution < 1.29 is 24.1 Å². The summed E-state index contributed by atoms with van der Waals surface area (Å²) in [6.07, 6.45) is 0. The van der Waals surface area contributed by atoms with Gasteiger partial charge in [0.25, 0.3) is 0 Å². The number of carboxylic acid groups (broad SMARTS) is 1. The van der Waals surface area contributed by atoms with E-state index in [2.05, 4.69) is 0 Å². The summed E-state index contributed by atoms with van der Waals surface area (Å²) in [5.74, 6) is 0.0662. The summed E-state index contributed by atoms with van der Waals surface area (Å²) in [4.78, 5) is 11.1. The Bertz CT molecular complexity index is 644. The lowest BCUT2D eigenvalue weighted by Gasteiger charge is -2.14. The Kier molecular flexibility index (Phi) is 3.25. The predicted molar refractivity (Wildman–Crippen MR) is 66.9 cm³/mol. The van der Waals surface area contributed by atoms with E-state index >= 15 is 0 Å². The zero-order valence-electron chi connectivity index (χ0n) is 11.1. The van der Waals surface area contributed by atoms with Gasteiger partial charge in [-0.05, 0) is 12.1 Å². The number of carbonyl (C=O) groups excluding carboxylic acids is 1. The number of aryl methyl sites for hydroxylation is 1. The standard InChI is InChI=1S/C13H15NO5/c1-14-8(13(15)16)5-7-6-9(17-2)11(18-3)12(19-4)10(7)14/h5-6H,1-4H3,(H,15,16)/p-1. The minimum Gasteiger partial charge on any atom is -0.543 e. The molecule has 2 aromatic rings. The number of aromatic nitrogens is 1. The molecule has 6 heteroatoms. The van der Waals surface area contributed by atoms with Gasteiger partial charge in [-0.1, -0.05) is 0 Å². The average molecular weight is 264 g/mol. The number of carboxylic acids is 1. The first-order valence-corrected chi connectivity index (χ1v) is 5.54. The van der Waals surface area contributed by atoms with Crippen molar-refractivity contribution in [2.75, 3.05) is 21.3 Å². The molecule has 19 heavy (non-hydrogen) atoms. The highest BCUT2D eigenvalue weighted by Crippen LogP contribution is 2.43. The topological polar surface area (TPSA) is 72.8 Å². The molecule has 0 fully saturated rings. The van der Waals surface area contributed by atoms with E-state index in [9.17, 15) is 9.90 Å². The molecule has 0 atom stereocenters. The van der Waals surface area contributed by atoms with Crippen LogP contribution >= 0.6 is 0 Å². The summed E-state index contributed by atoms with van der Waals surface area (Å²) in [6, 6.07) is 3.21. The van der Waals surface area contributed by atoms with Gasteiger partial charge in [-0.3, -0.25) is 0 Å². The van der Waals surface area contributed by atoms with Crippen molar-refractivity contribution in [3.8, 4) is 17.2 Å². The van der Waals surface area contributed by atoms with Gasteiger partial charge in [0, 0.05) is 12.4 Å². The third kappa shape index (κ3) is 1.85. The number of hydrogen-bond donors (Lipinski definition) is 0. The summed E-state index contributed by atoms with van der Waals surface area (Å²) in [5.41, 5.74) is 0.669. The molecule has 2 rings (SSSR count). The van der Waals surface area contributed by atoms with E-state index in [1.54, 1.807) is 13.1 Å². The van der Waals surface area contributed by atoms with Crippen LogP contribution in [-0.4, -0.2) is 31.9 Å². The molecule has 0 N–H and O–H groups in total. The highest BCUT2D eigenvalue weighted by Gasteiger charge is 2.20. The number of hydrogen-bond acceptors (Lipinski definition) is 5. The maximum Gasteiger partial charge on any atom is 0.205 e. The lowest BCUT2D eigenvalue weighted by molar-refractivity contribution is -0.255. The third-order valence-electron chi connectivity index (χ3n) is 3.03. The smallest absolute Gasteiger partial charge is 0.205 e. The number of fused-ring (bicyclic) bond motifs is 1. The Morgan fingerprint density at radius 2 is 1.74 bits per heavy atom. The Hall–Kier alpha value is -2.37. The van der Waals surface area contributed by atoms with Crippen molar-refractivity contribution in [2.45, 2.75) is 0 Å². The Morgan fingerprint density at radius 3 is 2.21 bits per heavy atom. The quantitative estimate of drug-likeness (QED) is 0.807. The molecule has 0 aliphatic carbocycles. The molecular formula is C13H14NO5-. The van der Waals surface area contributed by atoms with Crippen LogP contribution in [0.25, 0.3) is 10.9 Å². The van der Waals surface area contributed by atoms with E-state index in [0.29, 0.717) is 28.2 Å². The summed E-state index contributed by atoms with van der Waals surface area (Å²) in [5, 5.41) is 11.7. The average Bonchev–Trinajstić information content (AvgIpc) is 2.73. The number of methoxy groups -OCH3 is 3. The van der Waals surface area contributed by atoms with Crippen LogP contribution < -0.4 is 19.3 Å². The van der Waals surface area contributed by atoms with E-state index in [-0.39, 0.29) is 5.69 Å². The first-order chi connectivity index (χ1) is 9.04. The first kappa shape index (κ1) is 13.1. The van der Waals surface area contributed by atoms with Crippen LogP contribution in [0, 0.1) is 0 Å². The normalized spacial score (nSPS) is 10.5. The van der Waals surface area contributed by atoms with Crippen molar-refractivity contribution in [2.24, 2.45) is 7.05 Å². The number of carbonyl (C=O) groups is 1. The number of benzene rings is 1. The van der Waals surface area contributed by atoms with E-state index in [1.807, 2.05) is 0 Å². The predicted octanol–water partition coefficient (Wildman–Crippen LogP) is 0.568. The molecule has 1 aromatic carbocycles. The van der Waals surface area contributed by atoms with Gasteiger partial charge >= 0.3 is 0 Å². The molecule has 1 aromatic heterocycles. The first-order valence-electron chi connectivity index (χ1n) is 5.54. The van der Waals surface area contributed by atoms with E-state index in [0.717, 1.165) is 0 Å². The van der Waals surface area contributed by atoms with Crippen LogP contribution in [0.5, 0.6) is 17.2 Å². The summed E-state index contributed by atoms with van der Waals surface area (Å²) in [7, 11) is 6.12. The van der Waals surface area contributed by atoms with Crippen LogP contribution in [0.15, 0.2) is 12.1 Å². The SMILES string of the molecule is COc1cc2cc(C(=O)[O-])n(C)c2c(OC)c1OC. The van der Waals surface area contributed by atoms with E-state index < -0.39 is 5.97 Å². The van der Waals surface area contributed by atoms with Crippen molar-refractivity contribution in [3.05, 3.63) is 17.8 Å². The minimum atomic E-state index is -1.25. The maximum absolute atomic E-state index is 11.1. The molecule has 1 heterocycles. The molecule has 0 amide bonds. The molecule has 0 aliphatic heterocycles. The van der Waals surface area contributed by atoms with Gasteiger partial charge in [-0.25, -0.2) is 0 Å². The monoisotopic (exact) mass is 264 g/mol. The Balaban J connectivity index is 2.90. The summed E-state index contributed by atoms with van der Waals surface area (Å²) < 4.78 is 17.3. The van der Waals surface area contributed by atoms with Gasteiger partial charge in [0.15, 0.2) is 11.5 Å². The summed E-state index contributed by atoms with van der Waals surface area (Å²) in [6.45, 7) is 0. The van der Waals surface area contributed by atoms with Crippen molar-refractivity contribution in [1.29, 1.82) is 0 Å². The number of rotatable bonds is 4. The lowest BCUT2D eigenvalue weighted by Crippen LogP contribution is -2.24. The summed E-state index contributed by atoms with van der Waals surface area (Å²) >= 11 is 0. The molecule has 0 saturated heterocycles. The van der Waals surface area contributed by atoms with Crippen LogP contribution in [0.4, 0.5) is 0 Å². The fourth-order valence-electron chi connectivity index (χ4n) is 2.18. The van der Waals surface area contributed by atoms with Gasteiger partial charge in [0.1, 0.15) is 0 Å². The number of aromatic carboxylic acids is 1. The van der Waals surface area contributed by atoms with Crippen LogP contribution in [0.2, 0.25) is 0 Å². The van der Waals surface area contributed by atoms with Gasteiger partial charge in [-0.15, -0.1) is 0 Å². The molecule has 0 unspecified atom stereocenters.